The van der Waals surface area contributed by atoms with Crippen LogP contribution in [0.1, 0.15) is 38.7 Å². The van der Waals surface area contributed by atoms with E-state index in [-0.39, 0.29) is 17.4 Å². The summed E-state index contributed by atoms with van der Waals surface area (Å²) in [5, 5.41) is 3.10. The molecule has 3 nitrogen and oxygen atoms in total. The van der Waals surface area contributed by atoms with Crippen LogP contribution in [0.15, 0.2) is 30.3 Å². The van der Waals surface area contributed by atoms with Gasteiger partial charge in [0.2, 0.25) is 5.91 Å². The van der Waals surface area contributed by atoms with Crippen LogP contribution in [-0.4, -0.2) is 11.9 Å². The van der Waals surface area contributed by atoms with Crippen molar-refractivity contribution in [3.05, 3.63) is 35.9 Å². The highest BCUT2D eigenvalue weighted by Gasteiger charge is 2.34. The summed E-state index contributed by atoms with van der Waals surface area (Å²) in [6, 6.07) is 7.78. The van der Waals surface area contributed by atoms with E-state index in [2.05, 4.69) is 19.2 Å². The summed E-state index contributed by atoms with van der Waals surface area (Å²) < 4.78 is 0. The minimum absolute atomic E-state index is 0.0256. The van der Waals surface area contributed by atoms with E-state index in [4.69, 9.17) is 5.73 Å². The lowest BCUT2D eigenvalue weighted by Gasteiger charge is -2.27. The lowest BCUT2D eigenvalue weighted by Crippen LogP contribution is -2.40. The predicted octanol–water partition coefficient (Wildman–Crippen LogP) is 2.98. The Kier molecular flexibility index (Phi) is 3.93. The van der Waals surface area contributed by atoms with Gasteiger partial charge in [0.25, 0.3) is 0 Å². The summed E-state index contributed by atoms with van der Waals surface area (Å²) in [7, 11) is 0. The van der Waals surface area contributed by atoms with Gasteiger partial charge in [-0.1, -0.05) is 32.4 Å². The fraction of sp³-hybridized carbons (Fsp3) is 0.438. The molecule has 0 aromatic heterocycles. The second kappa shape index (κ2) is 5.47. The van der Waals surface area contributed by atoms with E-state index >= 15 is 0 Å². The summed E-state index contributed by atoms with van der Waals surface area (Å²) >= 11 is 0. The number of hydrogen-bond acceptors (Lipinski definition) is 2. The number of nitrogen functional groups attached to an aromatic ring is 1. The molecule has 0 bridgehead atoms. The fourth-order valence-electron chi connectivity index (χ4n) is 2.65. The van der Waals surface area contributed by atoms with Crippen molar-refractivity contribution >= 4 is 17.7 Å². The van der Waals surface area contributed by atoms with E-state index in [1.54, 1.807) is 12.2 Å². The third-order valence-corrected chi connectivity index (χ3v) is 3.91. The molecule has 0 aliphatic heterocycles. The quantitative estimate of drug-likeness (QED) is 0.647. The Hall–Kier alpha value is -1.77. The van der Waals surface area contributed by atoms with Crippen LogP contribution in [0.3, 0.4) is 0 Å². The number of nitrogens with two attached hydrogens (primary N) is 1. The van der Waals surface area contributed by atoms with E-state index in [1.165, 1.54) is 12.8 Å². The molecule has 1 amide bonds. The number of amides is 1. The van der Waals surface area contributed by atoms with Gasteiger partial charge in [-0.15, -0.1) is 0 Å². The molecule has 1 fully saturated rings. The van der Waals surface area contributed by atoms with Gasteiger partial charge in [-0.2, -0.15) is 0 Å². The molecule has 0 spiro atoms. The number of benzene rings is 1. The molecule has 0 radical (unpaired) electrons. The molecule has 1 unspecified atom stereocenters. The predicted molar refractivity (Wildman–Crippen MR) is 79.5 cm³/mol. The monoisotopic (exact) mass is 258 g/mol. The Bertz CT molecular complexity index is 491. The Morgan fingerprint density at radius 1 is 1.47 bits per heavy atom. The van der Waals surface area contributed by atoms with Crippen molar-refractivity contribution in [3.8, 4) is 0 Å². The van der Waals surface area contributed by atoms with Crippen molar-refractivity contribution in [1.82, 2.24) is 5.32 Å². The first-order valence-electron chi connectivity index (χ1n) is 6.81. The molecule has 1 aromatic carbocycles. The van der Waals surface area contributed by atoms with E-state index in [9.17, 15) is 4.79 Å². The smallest absolute Gasteiger partial charge is 0.244 e. The summed E-state index contributed by atoms with van der Waals surface area (Å²) in [6.07, 6.45) is 6.83. The van der Waals surface area contributed by atoms with Crippen LogP contribution >= 0.6 is 0 Å². The maximum Gasteiger partial charge on any atom is 0.244 e. The lowest BCUT2D eigenvalue weighted by atomic mass is 9.87. The molecule has 1 saturated carbocycles. The Morgan fingerprint density at radius 3 is 2.89 bits per heavy atom. The van der Waals surface area contributed by atoms with E-state index in [1.807, 2.05) is 24.3 Å². The topological polar surface area (TPSA) is 55.1 Å². The van der Waals surface area contributed by atoms with Crippen LogP contribution in [0.2, 0.25) is 0 Å². The molecule has 1 atom stereocenters. The molecule has 0 heterocycles. The minimum atomic E-state index is -0.0256. The van der Waals surface area contributed by atoms with Gasteiger partial charge in [0.05, 0.1) is 0 Å². The molecule has 1 aliphatic rings. The Balaban J connectivity index is 1.94. The first kappa shape index (κ1) is 13.7. The van der Waals surface area contributed by atoms with Crippen molar-refractivity contribution < 1.29 is 4.79 Å². The number of hydrogen-bond donors (Lipinski definition) is 2. The number of nitrogens with one attached hydrogen (secondary N) is 1. The standard InChI is InChI=1S/C16H22N2O/c1-16(2)10-4-7-14(16)18-15(19)9-8-12-5-3-6-13(17)11-12/h3,5-6,8-9,11,14H,4,7,10,17H2,1-2H3,(H,18,19)/b9-8+. The van der Waals surface area contributed by atoms with Crippen molar-refractivity contribution in [2.45, 2.75) is 39.2 Å². The maximum absolute atomic E-state index is 11.9. The molecule has 102 valence electrons. The normalized spacial score (nSPS) is 21.7. The van der Waals surface area contributed by atoms with E-state index in [0.29, 0.717) is 5.69 Å². The zero-order valence-corrected chi connectivity index (χ0v) is 11.6. The lowest BCUT2D eigenvalue weighted by molar-refractivity contribution is -0.117. The van der Waals surface area contributed by atoms with E-state index < -0.39 is 0 Å². The first-order valence-corrected chi connectivity index (χ1v) is 6.81. The molecule has 2 rings (SSSR count). The van der Waals surface area contributed by atoms with Gasteiger partial charge in [0.1, 0.15) is 0 Å². The number of anilines is 1. The summed E-state index contributed by atoms with van der Waals surface area (Å²) in [6.45, 7) is 4.43. The molecule has 3 N–H and O–H groups in total. The molecule has 1 aromatic rings. The van der Waals surface area contributed by atoms with Crippen LogP contribution in [0.5, 0.6) is 0 Å². The molecule has 19 heavy (non-hydrogen) atoms. The average Bonchev–Trinajstić information content (AvgIpc) is 2.66. The largest absolute Gasteiger partial charge is 0.399 e. The highest BCUT2D eigenvalue weighted by Crippen LogP contribution is 2.37. The van der Waals surface area contributed by atoms with Gasteiger partial charge in [-0.05, 0) is 42.0 Å². The van der Waals surface area contributed by atoms with Gasteiger partial charge >= 0.3 is 0 Å². The Labute approximate surface area is 114 Å². The summed E-state index contributed by atoms with van der Waals surface area (Å²) in [5.41, 5.74) is 7.56. The molecule has 0 saturated heterocycles. The summed E-state index contributed by atoms with van der Waals surface area (Å²) in [5.74, 6) is -0.0256. The van der Waals surface area contributed by atoms with Crippen molar-refractivity contribution in [1.29, 1.82) is 0 Å². The van der Waals surface area contributed by atoms with E-state index in [0.717, 1.165) is 12.0 Å². The molecular weight excluding hydrogens is 236 g/mol. The minimum Gasteiger partial charge on any atom is -0.399 e. The highest BCUT2D eigenvalue weighted by atomic mass is 16.1. The van der Waals surface area contributed by atoms with Crippen LogP contribution in [0.25, 0.3) is 6.08 Å². The third kappa shape index (κ3) is 3.60. The first-order chi connectivity index (χ1) is 8.97. The van der Waals surface area contributed by atoms with Gasteiger partial charge in [0, 0.05) is 17.8 Å². The Morgan fingerprint density at radius 2 is 2.26 bits per heavy atom. The van der Waals surface area contributed by atoms with Gasteiger partial charge in [-0.25, -0.2) is 0 Å². The van der Waals surface area contributed by atoms with Crippen molar-refractivity contribution in [2.75, 3.05) is 5.73 Å². The van der Waals surface area contributed by atoms with Gasteiger partial charge < -0.3 is 11.1 Å². The second-order valence-electron chi connectivity index (χ2n) is 5.95. The van der Waals surface area contributed by atoms with Gasteiger partial charge in [-0.3, -0.25) is 4.79 Å². The molecule has 1 aliphatic carbocycles. The fourth-order valence-corrected chi connectivity index (χ4v) is 2.65. The molecular formula is C16H22N2O. The third-order valence-electron chi connectivity index (χ3n) is 3.91. The van der Waals surface area contributed by atoms with Crippen LogP contribution < -0.4 is 11.1 Å². The zero-order valence-electron chi connectivity index (χ0n) is 11.6. The number of carbonyl (C=O) groups excluding carboxylic acids is 1. The second-order valence-corrected chi connectivity index (χ2v) is 5.95. The highest BCUT2D eigenvalue weighted by molar-refractivity contribution is 5.92. The number of carbonyl (C=O) groups is 1. The average molecular weight is 258 g/mol. The van der Waals surface area contributed by atoms with Crippen LogP contribution in [0, 0.1) is 5.41 Å². The maximum atomic E-state index is 11.9. The zero-order chi connectivity index (χ0) is 13.9. The van der Waals surface area contributed by atoms with Crippen LogP contribution in [0.4, 0.5) is 5.69 Å². The SMILES string of the molecule is CC1(C)CCCC1NC(=O)/C=C/c1cccc(N)c1. The van der Waals surface area contributed by atoms with Crippen molar-refractivity contribution in [3.63, 3.8) is 0 Å². The number of rotatable bonds is 3. The summed E-state index contributed by atoms with van der Waals surface area (Å²) in [4.78, 5) is 11.9. The van der Waals surface area contributed by atoms with Gasteiger partial charge in [0.15, 0.2) is 0 Å². The van der Waals surface area contributed by atoms with Crippen LogP contribution in [-0.2, 0) is 4.79 Å². The molecule has 3 heteroatoms. The van der Waals surface area contributed by atoms with Crippen molar-refractivity contribution in [2.24, 2.45) is 5.41 Å².